The van der Waals surface area contributed by atoms with E-state index in [-0.39, 0.29) is 23.6 Å². The molecular formula is C10H20N2O3S. The van der Waals surface area contributed by atoms with Crippen molar-refractivity contribution >= 4 is 15.9 Å². The number of nitrogens with one attached hydrogen (secondary N) is 1. The molecule has 1 heterocycles. The van der Waals surface area contributed by atoms with E-state index in [1.807, 2.05) is 0 Å². The summed E-state index contributed by atoms with van der Waals surface area (Å²) in [6.45, 7) is 2.71. The number of carbonyl (C=O) groups excluding carboxylic acids is 1. The molecule has 0 unspecified atom stereocenters. The highest BCUT2D eigenvalue weighted by Gasteiger charge is 2.32. The Morgan fingerprint density at radius 3 is 2.69 bits per heavy atom. The number of unbranched alkanes of at least 4 members (excludes halogenated alkanes) is 1. The van der Waals surface area contributed by atoms with Crippen LogP contribution in [0.3, 0.4) is 0 Å². The molecule has 1 rings (SSSR count). The maximum absolute atomic E-state index is 11.6. The summed E-state index contributed by atoms with van der Waals surface area (Å²) >= 11 is 0. The topological polar surface area (TPSA) is 66.5 Å². The second kappa shape index (κ2) is 5.52. The second-order valence-electron chi connectivity index (χ2n) is 4.25. The minimum atomic E-state index is -2.92. The molecular weight excluding hydrogens is 228 g/mol. The molecule has 0 aromatic carbocycles. The molecule has 0 spiro atoms. The summed E-state index contributed by atoms with van der Waals surface area (Å²) in [7, 11) is -1.26. The molecule has 16 heavy (non-hydrogen) atoms. The van der Waals surface area contributed by atoms with Crippen molar-refractivity contribution < 1.29 is 13.2 Å². The van der Waals surface area contributed by atoms with E-state index >= 15 is 0 Å². The molecule has 0 radical (unpaired) electrons. The van der Waals surface area contributed by atoms with Crippen LogP contribution in [-0.2, 0) is 9.84 Å². The molecule has 1 aliphatic heterocycles. The van der Waals surface area contributed by atoms with Crippen molar-refractivity contribution in [2.45, 2.75) is 32.2 Å². The number of rotatable bonds is 4. The molecule has 0 saturated carbocycles. The Bertz CT molecular complexity index is 340. The van der Waals surface area contributed by atoms with Crippen molar-refractivity contribution in [1.82, 2.24) is 10.2 Å². The summed E-state index contributed by atoms with van der Waals surface area (Å²) < 4.78 is 22.5. The van der Waals surface area contributed by atoms with Gasteiger partial charge in [-0.1, -0.05) is 13.3 Å². The first kappa shape index (κ1) is 13.3. The molecule has 1 saturated heterocycles. The Kier molecular flexibility index (Phi) is 4.58. The van der Waals surface area contributed by atoms with Gasteiger partial charge < -0.3 is 10.2 Å². The highest BCUT2D eigenvalue weighted by atomic mass is 32.2. The highest BCUT2D eigenvalue weighted by molar-refractivity contribution is 7.91. The Labute approximate surface area is 97.1 Å². The van der Waals surface area contributed by atoms with Gasteiger partial charge >= 0.3 is 6.03 Å². The van der Waals surface area contributed by atoms with Gasteiger partial charge in [-0.25, -0.2) is 13.2 Å². The predicted octanol–water partition coefficient (Wildman–Crippen LogP) is 0.615. The van der Waals surface area contributed by atoms with Gasteiger partial charge in [-0.15, -0.1) is 0 Å². The molecule has 94 valence electrons. The Balaban J connectivity index is 2.40. The Morgan fingerprint density at radius 2 is 2.19 bits per heavy atom. The SMILES string of the molecule is CCCCNC(=O)N(C)[C@@H]1CCS(=O)(=O)C1. The predicted molar refractivity (Wildman–Crippen MR) is 63.1 cm³/mol. The zero-order chi connectivity index (χ0) is 12.2. The first-order chi connectivity index (χ1) is 7.46. The lowest BCUT2D eigenvalue weighted by Crippen LogP contribution is -2.44. The summed E-state index contributed by atoms with van der Waals surface area (Å²) in [4.78, 5) is 13.1. The van der Waals surface area contributed by atoms with Gasteiger partial charge in [-0.3, -0.25) is 0 Å². The van der Waals surface area contributed by atoms with E-state index < -0.39 is 9.84 Å². The minimum absolute atomic E-state index is 0.102. The number of urea groups is 1. The van der Waals surface area contributed by atoms with Gasteiger partial charge in [0.15, 0.2) is 9.84 Å². The summed E-state index contributed by atoms with van der Waals surface area (Å²) in [6, 6.07) is -0.331. The van der Waals surface area contributed by atoms with E-state index in [1.165, 1.54) is 4.90 Å². The third-order valence-electron chi connectivity index (χ3n) is 2.88. The number of amides is 2. The van der Waals surface area contributed by atoms with E-state index in [1.54, 1.807) is 7.05 Å². The van der Waals surface area contributed by atoms with Crippen molar-refractivity contribution in [3.8, 4) is 0 Å². The van der Waals surface area contributed by atoms with Crippen molar-refractivity contribution in [2.24, 2.45) is 0 Å². The number of nitrogens with zero attached hydrogens (tertiary/aromatic N) is 1. The maximum atomic E-state index is 11.6. The number of sulfone groups is 1. The van der Waals surface area contributed by atoms with Crippen LogP contribution in [0.5, 0.6) is 0 Å². The fourth-order valence-corrected chi connectivity index (χ4v) is 3.52. The number of hydrogen-bond acceptors (Lipinski definition) is 3. The van der Waals surface area contributed by atoms with Crippen LogP contribution in [0.1, 0.15) is 26.2 Å². The third-order valence-corrected chi connectivity index (χ3v) is 4.63. The van der Waals surface area contributed by atoms with Gasteiger partial charge in [-0.2, -0.15) is 0 Å². The molecule has 1 atom stereocenters. The van der Waals surface area contributed by atoms with Gasteiger partial charge in [-0.05, 0) is 12.8 Å². The van der Waals surface area contributed by atoms with E-state index in [9.17, 15) is 13.2 Å². The molecule has 0 aliphatic carbocycles. The molecule has 6 heteroatoms. The van der Waals surface area contributed by atoms with Gasteiger partial charge in [0.25, 0.3) is 0 Å². The fraction of sp³-hybridized carbons (Fsp3) is 0.900. The van der Waals surface area contributed by atoms with Crippen LogP contribution < -0.4 is 5.32 Å². The van der Waals surface area contributed by atoms with Gasteiger partial charge in [0.05, 0.1) is 11.5 Å². The van der Waals surface area contributed by atoms with Crippen LogP contribution in [0.2, 0.25) is 0 Å². The van der Waals surface area contributed by atoms with Crippen molar-refractivity contribution in [3.05, 3.63) is 0 Å². The number of carbonyl (C=O) groups is 1. The molecule has 5 nitrogen and oxygen atoms in total. The van der Waals surface area contributed by atoms with Crippen LogP contribution in [-0.4, -0.2) is 50.5 Å². The normalized spacial score (nSPS) is 23.0. The van der Waals surface area contributed by atoms with Crippen LogP contribution in [0, 0.1) is 0 Å². The Hall–Kier alpha value is -0.780. The first-order valence-electron chi connectivity index (χ1n) is 5.67. The summed E-state index contributed by atoms with van der Waals surface area (Å²) in [6.07, 6.45) is 2.53. The maximum Gasteiger partial charge on any atom is 0.317 e. The van der Waals surface area contributed by atoms with E-state index in [0.29, 0.717) is 13.0 Å². The molecule has 2 amide bonds. The summed E-state index contributed by atoms with van der Waals surface area (Å²) in [5.41, 5.74) is 0. The lowest BCUT2D eigenvalue weighted by molar-refractivity contribution is 0.195. The quantitative estimate of drug-likeness (QED) is 0.741. The lowest BCUT2D eigenvalue weighted by Gasteiger charge is -2.23. The minimum Gasteiger partial charge on any atom is -0.338 e. The molecule has 0 bridgehead atoms. The smallest absolute Gasteiger partial charge is 0.317 e. The highest BCUT2D eigenvalue weighted by Crippen LogP contribution is 2.16. The summed E-state index contributed by atoms with van der Waals surface area (Å²) in [5, 5.41) is 2.78. The second-order valence-corrected chi connectivity index (χ2v) is 6.48. The fourth-order valence-electron chi connectivity index (χ4n) is 1.74. The summed E-state index contributed by atoms with van der Waals surface area (Å²) in [5.74, 6) is 0.301. The van der Waals surface area contributed by atoms with E-state index in [4.69, 9.17) is 0 Å². The van der Waals surface area contributed by atoms with Crippen LogP contribution in [0.25, 0.3) is 0 Å². The average Bonchev–Trinajstić information content (AvgIpc) is 2.58. The Morgan fingerprint density at radius 1 is 1.50 bits per heavy atom. The van der Waals surface area contributed by atoms with E-state index in [0.717, 1.165) is 12.8 Å². The zero-order valence-electron chi connectivity index (χ0n) is 9.90. The van der Waals surface area contributed by atoms with Crippen LogP contribution >= 0.6 is 0 Å². The monoisotopic (exact) mass is 248 g/mol. The average molecular weight is 248 g/mol. The van der Waals surface area contributed by atoms with Gasteiger partial charge in [0.2, 0.25) is 0 Å². The molecule has 0 aromatic rings. The van der Waals surface area contributed by atoms with Crippen molar-refractivity contribution in [2.75, 3.05) is 25.1 Å². The van der Waals surface area contributed by atoms with Gasteiger partial charge in [0.1, 0.15) is 0 Å². The molecule has 1 fully saturated rings. The van der Waals surface area contributed by atoms with E-state index in [2.05, 4.69) is 12.2 Å². The van der Waals surface area contributed by atoms with Crippen LogP contribution in [0.4, 0.5) is 4.79 Å². The first-order valence-corrected chi connectivity index (χ1v) is 7.49. The molecule has 1 N–H and O–H groups in total. The lowest BCUT2D eigenvalue weighted by atomic mass is 10.2. The van der Waals surface area contributed by atoms with Crippen LogP contribution in [0.15, 0.2) is 0 Å². The van der Waals surface area contributed by atoms with Gasteiger partial charge in [0, 0.05) is 19.6 Å². The largest absolute Gasteiger partial charge is 0.338 e. The van der Waals surface area contributed by atoms with Crippen molar-refractivity contribution in [1.29, 1.82) is 0 Å². The zero-order valence-corrected chi connectivity index (χ0v) is 10.7. The molecule has 0 aromatic heterocycles. The number of hydrogen-bond donors (Lipinski definition) is 1. The molecule has 1 aliphatic rings. The standard InChI is InChI=1S/C10H20N2O3S/c1-3-4-6-11-10(13)12(2)9-5-7-16(14,15)8-9/h9H,3-8H2,1-2H3,(H,11,13)/t9-/m1/s1. The van der Waals surface area contributed by atoms with Crippen molar-refractivity contribution in [3.63, 3.8) is 0 Å². The third kappa shape index (κ3) is 3.66.